The van der Waals surface area contributed by atoms with E-state index in [1.807, 2.05) is 31.2 Å². The highest BCUT2D eigenvalue weighted by molar-refractivity contribution is 5.91. The third-order valence-electron chi connectivity index (χ3n) is 8.53. The van der Waals surface area contributed by atoms with E-state index in [-0.39, 0.29) is 24.2 Å². The number of amides is 2. The zero-order chi connectivity index (χ0) is 29.2. The molecule has 2 amide bonds. The first-order valence-electron chi connectivity index (χ1n) is 14.5. The Hall–Kier alpha value is -3.05. The SMILES string of the molecule is Cc1ccc(NC(=O)N2CC[C@@H](CC(F)(F)F)C2)cc1-c1cc(N[C@]2(C)CC[C@@H](O)CC2)nc(N2CCOCC2)c1. The third-order valence-corrected chi connectivity index (χ3v) is 8.53. The van der Waals surface area contributed by atoms with Crippen molar-refractivity contribution in [1.29, 1.82) is 0 Å². The summed E-state index contributed by atoms with van der Waals surface area (Å²) in [5, 5.41) is 16.6. The number of anilines is 3. The van der Waals surface area contributed by atoms with Crippen molar-refractivity contribution in [2.75, 3.05) is 54.9 Å². The van der Waals surface area contributed by atoms with Gasteiger partial charge in [0, 0.05) is 43.8 Å². The summed E-state index contributed by atoms with van der Waals surface area (Å²) in [6.07, 6.45) is -1.83. The number of carbonyl (C=O) groups is 1. The number of rotatable bonds is 6. The number of aliphatic hydroxyl groups is 1. The molecule has 3 fully saturated rings. The molecule has 2 aliphatic heterocycles. The van der Waals surface area contributed by atoms with Crippen LogP contribution < -0.4 is 15.5 Å². The summed E-state index contributed by atoms with van der Waals surface area (Å²) in [7, 11) is 0. The Balaban J connectivity index is 1.38. The van der Waals surface area contributed by atoms with Crippen LogP contribution in [0, 0.1) is 12.8 Å². The predicted octanol–water partition coefficient (Wildman–Crippen LogP) is 5.81. The number of urea groups is 1. The number of aryl methyl sites for hydroxylation is 1. The second-order valence-electron chi connectivity index (χ2n) is 12.0. The molecular formula is C30H40F3N5O3. The zero-order valence-electron chi connectivity index (χ0n) is 23.8. The number of morpholine rings is 1. The molecule has 5 rings (SSSR count). The molecule has 3 aliphatic rings. The Morgan fingerprint density at radius 2 is 1.85 bits per heavy atom. The van der Waals surface area contributed by atoms with Crippen molar-refractivity contribution in [2.24, 2.45) is 5.92 Å². The fraction of sp³-hybridized carbons (Fsp3) is 0.600. The number of ether oxygens (including phenoxy) is 1. The van der Waals surface area contributed by atoms with Crippen LogP contribution in [-0.2, 0) is 4.74 Å². The lowest BCUT2D eigenvalue weighted by Crippen LogP contribution is -2.41. The van der Waals surface area contributed by atoms with Crippen molar-refractivity contribution in [1.82, 2.24) is 9.88 Å². The van der Waals surface area contributed by atoms with Gasteiger partial charge in [0.25, 0.3) is 0 Å². The molecule has 0 unspecified atom stereocenters. The summed E-state index contributed by atoms with van der Waals surface area (Å²) >= 11 is 0. The van der Waals surface area contributed by atoms with E-state index in [2.05, 4.69) is 28.5 Å². The van der Waals surface area contributed by atoms with Crippen molar-refractivity contribution < 1.29 is 27.8 Å². The number of likely N-dealkylation sites (tertiary alicyclic amines) is 1. The standard InChI is InChI=1S/C30H40F3N5O3/c1-20-3-4-23(34-28(40)38-10-7-21(19-38)18-30(31,32)33)17-25(20)22-15-26(36-29(2)8-5-24(39)6-9-29)35-27(16-22)37-11-13-41-14-12-37/h3-4,15-17,21,24,39H,5-14,18-19H2,1-2H3,(H,34,40)(H,35,36)/t21-,24-,29-/m0/s1. The van der Waals surface area contributed by atoms with Gasteiger partial charge in [-0.25, -0.2) is 9.78 Å². The van der Waals surface area contributed by atoms with Crippen LogP contribution in [0.5, 0.6) is 0 Å². The lowest BCUT2D eigenvalue weighted by Gasteiger charge is -2.37. The van der Waals surface area contributed by atoms with Crippen LogP contribution >= 0.6 is 0 Å². The maximum Gasteiger partial charge on any atom is 0.389 e. The van der Waals surface area contributed by atoms with Crippen molar-refractivity contribution in [3.05, 3.63) is 35.9 Å². The van der Waals surface area contributed by atoms with Crippen LogP contribution in [0.25, 0.3) is 11.1 Å². The minimum absolute atomic E-state index is 0.0994. The molecule has 8 nitrogen and oxygen atoms in total. The number of alkyl halides is 3. The molecular weight excluding hydrogens is 535 g/mol. The molecule has 2 aromatic rings. The zero-order valence-corrected chi connectivity index (χ0v) is 23.8. The molecule has 1 aromatic carbocycles. The Bertz CT molecular complexity index is 1230. The third kappa shape index (κ3) is 7.62. The second kappa shape index (κ2) is 12.1. The number of aromatic nitrogens is 1. The van der Waals surface area contributed by atoms with Gasteiger partial charge in [0.05, 0.1) is 19.3 Å². The lowest BCUT2D eigenvalue weighted by molar-refractivity contribution is -0.143. The first kappa shape index (κ1) is 29.4. The largest absolute Gasteiger partial charge is 0.393 e. The molecule has 1 atom stereocenters. The molecule has 2 saturated heterocycles. The van der Waals surface area contributed by atoms with Crippen molar-refractivity contribution in [3.63, 3.8) is 0 Å². The van der Waals surface area contributed by atoms with E-state index in [0.29, 0.717) is 31.9 Å². The van der Waals surface area contributed by atoms with Gasteiger partial charge < -0.3 is 30.3 Å². The Morgan fingerprint density at radius 3 is 2.56 bits per heavy atom. The average molecular weight is 576 g/mol. The van der Waals surface area contributed by atoms with Gasteiger partial charge in [0.2, 0.25) is 0 Å². The van der Waals surface area contributed by atoms with Gasteiger partial charge in [0.15, 0.2) is 0 Å². The number of aliphatic hydroxyl groups excluding tert-OH is 1. The number of carbonyl (C=O) groups excluding carboxylic acids is 1. The van der Waals surface area contributed by atoms with E-state index in [0.717, 1.165) is 67.1 Å². The minimum atomic E-state index is -4.23. The topological polar surface area (TPSA) is 90.0 Å². The first-order valence-corrected chi connectivity index (χ1v) is 14.5. The van der Waals surface area contributed by atoms with Crippen LogP contribution in [0.2, 0.25) is 0 Å². The molecule has 0 spiro atoms. The highest BCUT2D eigenvalue weighted by atomic mass is 19.4. The first-order chi connectivity index (χ1) is 19.5. The average Bonchev–Trinajstić information content (AvgIpc) is 3.39. The van der Waals surface area contributed by atoms with Gasteiger partial charge in [-0.2, -0.15) is 13.2 Å². The van der Waals surface area contributed by atoms with Gasteiger partial charge in [-0.1, -0.05) is 6.07 Å². The van der Waals surface area contributed by atoms with Gasteiger partial charge >= 0.3 is 12.2 Å². The fourth-order valence-electron chi connectivity index (χ4n) is 6.09. The van der Waals surface area contributed by atoms with E-state index in [1.54, 1.807) is 0 Å². The number of benzene rings is 1. The quantitative estimate of drug-likeness (QED) is 0.403. The Morgan fingerprint density at radius 1 is 1.12 bits per heavy atom. The van der Waals surface area contributed by atoms with Gasteiger partial charge in [-0.3, -0.25) is 0 Å². The van der Waals surface area contributed by atoms with Crippen molar-refractivity contribution in [2.45, 2.75) is 70.2 Å². The highest BCUT2D eigenvalue weighted by Crippen LogP contribution is 2.36. The van der Waals surface area contributed by atoms with Crippen LogP contribution in [0.1, 0.15) is 51.0 Å². The van der Waals surface area contributed by atoms with E-state index in [9.17, 15) is 23.1 Å². The van der Waals surface area contributed by atoms with E-state index in [1.165, 1.54) is 4.90 Å². The number of nitrogens with one attached hydrogen (secondary N) is 2. The van der Waals surface area contributed by atoms with Gasteiger partial charge in [0.1, 0.15) is 11.6 Å². The normalized spacial score (nSPS) is 25.3. The number of nitrogens with zero attached hydrogens (tertiary/aromatic N) is 3. The summed E-state index contributed by atoms with van der Waals surface area (Å²) in [6, 6.07) is 9.36. The van der Waals surface area contributed by atoms with Gasteiger partial charge in [-0.05, 0) is 92.8 Å². The maximum absolute atomic E-state index is 12.9. The van der Waals surface area contributed by atoms with Gasteiger partial charge in [-0.15, -0.1) is 0 Å². The Kier molecular flexibility index (Phi) is 8.65. The molecule has 3 N–H and O–H groups in total. The predicted molar refractivity (Wildman–Crippen MR) is 153 cm³/mol. The molecule has 1 aliphatic carbocycles. The highest BCUT2D eigenvalue weighted by Gasteiger charge is 2.36. The van der Waals surface area contributed by atoms with Crippen molar-refractivity contribution in [3.8, 4) is 11.1 Å². The second-order valence-corrected chi connectivity index (χ2v) is 12.0. The Labute approximate surface area is 239 Å². The maximum atomic E-state index is 12.9. The molecule has 1 aromatic heterocycles. The molecule has 1 saturated carbocycles. The van der Waals surface area contributed by atoms with Crippen LogP contribution in [0.4, 0.5) is 35.3 Å². The van der Waals surface area contributed by atoms with Crippen LogP contribution in [-0.4, -0.2) is 78.2 Å². The van der Waals surface area contributed by atoms with E-state index >= 15 is 0 Å². The van der Waals surface area contributed by atoms with Crippen LogP contribution in [0.15, 0.2) is 30.3 Å². The summed E-state index contributed by atoms with van der Waals surface area (Å²) in [5.74, 6) is 1.03. The van der Waals surface area contributed by atoms with E-state index in [4.69, 9.17) is 9.72 Å². The molecule has 41 heavy (non-hydrogen) atoms. The number of halogens is 3. The number of hydrogen-bond donors (Lipinski definition) is 3. The summed E-state index contributed by atoms with van der Waals surface area (Å²) in [5.41, 5.74) is 3.30. The van der Waals surface area contributed by atoms with E-state index < -0.39 is 18.5 Å². The minimum Gasteiger partial charge on any atom is -0.393 e. The number of pyridine rings is 1. The molecule has 0 radical (unpaired) electrons. The summed E-state index contributed by atoms with van der Waals surface area (Å²) < 4.78 is 44.0. The smallest absolute Gasteiger partial charge is 0.389 e. The monoisotopic (exact) mass is 575 g/mol. The molecule has 0 bridgehead atoms. The fourth-order valence-corrected chi connectivity index (χ4v) is 6.09. The van der Waals surface area contributed by atoms with Crippen molar-refractivity contribution >= 4 is 23.4 Å². The lowest BCUT2D eigenvalue weighted by atomic mass is 9.82. The number of hydrogen-bond acceptors (Lipinski definition) is 6. The molecule has 11 heteroatoms. The molecule has 3 heterocycles. The van der Waals surface area contributed by atoms with Crippen LogP contribution in [0.3, 0.4) is 0 Å². The summed E-state index contributed by atoms with van der Waals surface area (Å²) in [4.78, 5) is 21.6. The molecule has 224 valence electrons. The summed E-state index contributed by atoms with van der Waals surface area (Å²) in [6.45, 7) is 7.32.